The number of nitrogens with zero attached hydrogens (tertiary/aromatic N) is 3. The molecule has 0 saturated carbocycles. The Balaban J connectivity index is 1.55. The van der Waals surface area contributed by atoms with E-state index < -0.39 is 5.43 Å². The second kappa shape index (κ2) is 10.6. The van der Waals surface area contributed by atoms with Crippen molar-refractivity contribution in [3.8, 4) is 17.3 Å². The fourth-order valence-corrected chi connectivity index (χ4v) is 3.53. The predicted molar refractivity (Wildman–Crippen MR) is 129 cm³/mol. The van der Waals surface area contributed by atoms with Crippen LogP contribution in [0, 0.1) is 0 Å². The van der Waals surface area contributed by atoms with Gasteiger partial charge in [-0.1, -0.05) is 38.0 Å². The molecule has 0 aliphatic carbocycles. The van der Waals surface area contributed by atoms with Crippen LogP contribution in [0.15, 0.2) is 63.8 Å². The number of anilines is 1. The third-order valence-electron chi connectivity index (χ3n) is 5.35. The summed E-state index contributed by atoms with van der Waals surface area (Å²) in [6, 6.07) is 11.6. The zero-order valence-electron chi connectivity index (χ0n) is 18.8. The minimum atomic E-state index is -0.470. The van der Waals surface area contributed by atoms with E-state index in [2.05, 4.69) is 33.6 Å². The zero-order valence-corrected chi connectivity index (χ0v) is 18.8. The van der Waals surface area contributed by atoms with Crippen LogP contribution in [0.1, 0.15) is 48.5 Å². The van der Waals surface area contributed by atoms with Crippen LogP contribution >= 0.6 is 0 Å². The molecule has 0 atom stereocenters. The molecule has 0 unspecified atom stereocenters. The SMILES string of the molecule is CCCCC/C=C/COc1ccc(C(=O)c2cccc3c(=O)c(N)c(-c4nn[nH]n4)oc23)cc1. The highest BCUT2D eigenvalue weighted by Crippen LogP contribution is 2.28. The molecule has 174 valence electrons. The van der Waals surface area contributed by atoms with Crippen molar-refractivity contribution in [3.63, 3.8) is 0 Å². The number of benzene rings is 2. The molecule has 2 aromatic carbocycles. The van der Waals surface area contributed by atoms with Crippen LogP contribution in [0.25, 0.3) is 22.6 Å². The average Bonchev–Trinajstić information content (AvgIpc) is 3.40. The standard InChI is InChI=1S/C25H25N5O4/c1-2-3-4-5-6-7-15-33-17-13-11-16(12-14-17)21(31)18-9-8-10-19-22(32)20(26)24(34-23(18)19)25-27-29-30-28-25/h6-14H,2-5,15,26H2,1H3,(H,27,28,29,30)/b7-6+. The molecule has 4 rings (SSSR count). The van der Waals surface area contributed by atoms with Gasteiger partial charge in [0.15, 0.2) is 5.78 Å². The first-order chi connectivity index (χ1) is 16.6. The van der Waals surface area contributed by atoms with E-state index in [1.165, 1.54) is 19.3 Å². The van der Waals surface area contributed by atoms with Gasteiger partial charge in [-0.2, -0.15) is 5.21 Å². The maximum Gasteiger partial charge on any atom is 0.242 e. The average molecular weight is 460 g/mol. The van der Waals surface area contributed by atoms with Crippen molar-refractivity contribution in [2.24, 2.45) is 0 Å². The van der Waals surface area contributed by atoms with Crippen LogP contribution in [0.4, 0.5) is 5.69 Å². The Labute approximate surface area is 195 Å². The number of rotatable bonds is 10. The summed E-state index contributed by atoms with van der Waals surface area (Å²) < 4.78 is 11.6. The molecule has 0 bridgehead atoms. The zero-order chi connectivity index (χ0) is 23.9. The summed E-state index contributed by atoms with van der Waals surface area (Å²) in [5.74, 6) is 0.337. The number of ether oxygens (including phenoxy) is 1. The fraction of sp³-hybridized carbons (Fsp3) is 0.240. The number of nitrogen functional groups attached to an aromatic ring is 1. The molecule has 0 fully saturated rings. The third-order valence-corrected chi connectivity index (χ3v) is 5.35. The van der Waals surface area contributed by atoms with Crippen molar-refractivity contribution in [2.75, 3.05) is 12.3 Å². The number of aromatic amines is 1. The monoisotopic (exact) mass is 459 g/mol. The summed E-state index contributed by atoms with van der Waals surface area (Å²) >= 11 is 0. The van der Waals surface area contributed by atoms with Gasteiger partial charge in [0.05, 0.1) is 10.9 Å². The molecule has 0 aliphatic heterocycles. The minimum Gasteiger partial charge on any atom is -0.490 e. The molecule has 2 heterocycles. The maximum atomic E-state index is 13.3. The Morgan fingerprint density at radius 1 is 1.15 bits per heavy atom. The van der Waals surface area contributed by atoms with Crippen LogP contribution in [-0.2, 0) is 0 Å². The van der Waals surface area contributed by atoms with Gasteiger partial charge in [0.1, 0.15) is 23.6 Å². The second-order valence-electron chi connectivity index (χ2n) is 7.72. The molecular formula is C25H25N5O4. The number of fused-ring (bicyclic) bond motifs is 1. The number of H-pyrrole nitrogens is 1. The summed E-state index contributed by atoms with van der Waals surface area (Å²) in [4.78, 5) is 26.1. The van der Waals surface area contributed by atoms with Gasteiger partial charge in [0.2, 0.25) is 17.0 Å². The normalized spacial score (nSPS) is 11.3. The lowest BCUT2D eigenvalue weighted by molar-refractivity contribution is 0.103. The number of ketones is 1. The lowest BCUT2D eigenvalue weighted by Gasteiger charge is -2.09. The molecule has 0 aliphatic rings. The van der Waals surface area contributed by atoms with Gasteiger partial charge in [0.25, 0.3) is 0 Å². The topological polar surface area (TPSA) is 137 Å². The molecule has 3 N–H and O–H groups in total. The number of carbonyl (C=O) groups excluding carboxylic acids is 1. The number of allylic oxidation sites excluding steroid dienone is 1. The Kier molecular flexibility index (Phi) is 7.12. The van der Waals surface area contributed by atoms with E-state index in [0.717, 1.165) is 6.42 Å². The van der Waals surface area contributed by atoms with E-state index >= 15 is 0 Å². The van der Waals surface area contributed by atoms with Gasteiger partial charge in [-0.15, -0.1) is 10.2 Å². The number of unbranched alkanes of at least 4 members (excludes halogenated alkanes) is 3. The molecular weight excluding hydrogens is 434 g/mol. The van der Waals surface area contributed by atoms with Crippen molar-refractivity contribution in [1.82, 2.24) is 20.6 Å². The molecule has 9 heteroatoms. The van der Waals surface area contributed by atoms with Crippen LogP contribution in [0.5, 0.6) is 5.75 Å². The predicted octanol–water partition coefficient (Wildman–Crippen LogP) is 4.30. The van der Waals surface area contributed by atoms with Crippen molar-refractivity contribution in [2.45, 2.75) is 32.6 Å². The number of carbonyl (C=O) groups is 1. The third kappa shape index (κ3) is 4.88. The van der Waals surface area contributed by atoms with Crippen LogP contribution in [-0.4, -0.2) is 33.0 Å². The highest BCUT2D eigenvalue weighted by atomic mass is 16.5. The fourth-order valence-electron chi connectivity index (χ4n) is 3.53. The van der Waals surface area contributed by atoms with Crippen LogP contribution in [0.2, 0.25) is 0 Å². The number of nitrogens with two attached hydrogens (primary N) is 1. The first kappa shape index (κ1) is 22.9. The Morgan fingerprint density at radius 2 is 1.97 bits per heavy atom. The number of para-hydroxylation sites is 1. The van der Waals surface area contributed by atoms with Crippen molar-refractivity contribution in [1.29, 1.82) is 0 Å². The van der Waals surface area contributed by atoms with Gasteiger partial charge in [-0.05, 0) is 54.5 Å². The quantitative estimate of drug-likeness (QED) is 0.203. The molecule has 4 aromatic rings. The van der Waals surface area contributed by atoms with E-state index in [-0.39, 0.29) is 39.6 Å². The molecule has 0 radical (unpaired) electrons. The number of nitrogens with one attached hydrogen (secondary N) is 1. The molecule has 0 spiro atoms. The largest absolute Gasteiger partial charge is 0.490 e. The smallest absolute Gasteiger partial charge is 0.242 e. The van der Waals surface area contributed by atoms with Gasteiger partial charge >= 0.3 is 0 Å². The van der Waals surface area contributed by atoms with E-state index in [0.29, 0.717) is 17.9 Å². The van der Waals surface area contributed by atoms with Crippen LogP contribution < -0.4 is 15.9 Å². The summed E-state index contributed by atoms with van der Waals surface area (Å²) in [7, 11) is 0. The van der Waals surface area contributed by atoms with E-state index in [1.807, 2.05) is 6.08 Å². The summed E-state index contributed by atoms with van der Waals surface area (Å²) in [6.45, 7) is 2.65. The van der Waals surface area contributed by atoms with Crippen molar-refractivity contribution in [3.05, 3.63) is 76.0 Å². The summed E-state index contributed by atoms with van der Waals surface area (Å²) in [5, 5.41) is 13.6. The van der Waals surface area contributed by atoms with E-state index in [1.54, 1.807) is 42.5 Å². The first-order valence-corrected chi connectivity index (χ1v) is 11.1. The van der Waals surface area contributed by atoms with Crippen molar-refractivity contribution < 1.29 is 13.9 Å². The highest BCUT2D eigenvalue weighted by molar-refractivity contribution is 6.15. The molecule has 0 amide bonds. The lowest BCUT2D eigenvalue weighted by Crippen LogP contribution is -2.12. The Morgan fingerprint density at radius 3 is 2.71 bits per heavy atom. The van der Waals surface area contributed by atoms with Gasteiger partial charge < -0.3 is 14.9 Å². The molecule has 9 nitrogen and oxygen atoms in total. The lowest BCUT2D eigenvalue weighted by atomic mass is 10.0. The summed E-state index contributed by atoms with van der Waals surface area (Å²) in [5.41, 5.74) is 6.08. The number of hydrogen-bond donors (Lipinski definition) is 2. The number of tetrazole rings is 1. The maximum absolute atomic E-state index is 13.3. The van der Waals surface area contributed by atoms with Gasteiger partial charge in [-0.25, -0.2) is 0 Å². The first-order valence-electron chi connectivity index (χ1n) is 11.1. The van der Waals surface area contributed by atoms with E-state index in [4.69, 9.17) is 14.9 Å². The van der Waals surface area contributed by atoms with Gasteiger partial charge in [0, 0.05) is 5.56 Å². The number of aromatic nitrogens is 4. The van der Waals surface area contributed by atoms with Crippen LogP contribution in [0.3, 0.4) is 0 Å². The molecule has 2 aromatic heterocycles. The molecule has 34 heavy (non-hydrogen) atoms. The number of hydrogen-bond acceptors (Lipinski definition) is 8. The molecule has 0 saturated heterocycles. The minimum absolute atomic E-state index is 0.0275. The van der Waals surface area contributed by atoms with Crippen molar-refractivity contribution >= 4 is 22.4 Å². The van der Waals surface area contributed by atoms with Gasteiger partial charge in [-0.3, -0.25) is 9.59 Å². The second-order valence-corrected chi connectivity index (χ2v) is 7.72. The highest BCUT2D eigenvalue weighted by Gasteiger charge is 2.21. The Bertz CT molecular complexity index is 1360. The van der Waals surface area contributed by atoms with E-state index in [9.17, 15) is 9.59 Å². The summed E-state index contributed by atoms with van der Waals surface area (Å²) in [6.07, 6.45) is 8.78. The Hall–Kier alpha value is -4.27.